The minimum absolute atomic E-state index is 0.0721. The number of fused-ring (bicyclic) bond motifs is 1. The average molecular weight is 400 g/mol. The lowest BCUT2D eigenvalue weighted by Crippen LogP contribution is -2.46. The lowest BCUT2D eigenvalue weighted by molar-refractivity contribution is -0.0366. The molecule has 1 saturated carbocycles. The molecule has 158 valence electrons. The van der Waals surface area contributed by atoms with Gasteiger partial charge in [0.05, 0.1) is 31.0 Å². The van der Waals surface area contributed by atoms with Gasteiger partial charge in [-0.2, -0.15) is 5.10 Å². The Morgan fingerprint density at radius 3 is 2.59 bits per heavy atom. The zero-order valence-corrected chi connectivity index (χ0v) is 17.5. The van der Waals surface area contributed by atoms with Gasteiger partial charge in [-0.1, -0.05) is 0 Å². The number of hydrogen-bond acceptors (Lipinski definition) is 5. The average Bonchev–Trinajstić information content (AvgIpc) is 3.22. The molecule has 2 aromatic rings. The Balaban J connectivity index is 1.25. The molecule has 2 aliphatic heterocycles. The number of benzene rings is 1. The van der Waals surface area contributed by atoms with Gasteiger partial charge in [0.2, 0.25) is 0 Å². The van der Waals surface area contributed by atoms with Gasteiger partial charge in [-0.3, -0.25) is 4.90 Å². The summed E-state index contributed by atoms with van der Waals surface area (Å²) in [6.45, 7) is 6.93. The van der Waals surface area contributed by atoms with E-state index in [1.807, 2.05) is 6.20 Å². The van der Waals surface area contributed by atoms with Crippen LogP contribution in [0.4, 0.5) is 0 Å². The van der Waals surface area contributed by atoms with Gasteiger partial charge in [0.25, 0.3) is 0 Å². The molecule has 0 N–H and O–H groups in total. The first kappa shape index (κ1) is 19.3. The number of nitrogens with zero attached hydrogens (tertiary/aromatic N) is 3. The summed E-state index contributed by atoms with van der Waals surface area (Å²) < 4.78 is 20.0. The number of morpholine rings is 1. The van der Waals surface area contributed by atoms with Crippen molar-refractivity contribution in [3.63, 3.8) is 0 Å². The van der Waals surface area contributed by atoms with Gasteiger partial charge in [0.1, 0.15) is 5.75 Å². The van der Waals surface area contributed by atoms with E-state index in [0.29, 0.717) is 12.1 Å². The van der Waals surface area contributed by atoms with Crippen molar-refractivity contribution in [2.45, 2.75) is 70.2 Å². The first-order valence-corrected chi connectivity index (χ1v) is 11.4. The fraction of sp³-hybridized carbons (Fsp3) is 0.696. The molecule has 0 amide bonds. The van der Waals surface area contributed by atoms with Crippen molar-refractivity contribution in [3.05, 3.63) is 23.9 Å². The second-order valence-electron chi connectivity index (χ2n) is 8.73. The molecule has 1 unspecified atom stereocenters. The van der Waals surface area contributed by atoms with E-state index in [9.17, 15) is 0 Å². The SMILES string of the molecule is Cc1c(OC2CCC(N3CCOCC3)CC2)ccc2c1cnn2C1CCCCO1. The van der Waals surface area contributed by atoms with E-state index in [-0.39, 0.29) is 6.23 Å². The van der Waals surface area contributed by atoms with Gasteiger partial charge in [-0.15, -0.1) is 0 Å². The number of aryl methyl sites for hydroxylation is 1. The van der Waals surface area contributed by atoms with Crippen molar-refractivity contribution in [1.82, 2.24) is 14.7 Å². The highest BCUT2D eigenvalue weighted by Crippen LogP contribution is 2.34. The van der Waals surface area contributed by atoms with Gasteiger partial charge < -0.3 is 14.2 Å². The van der Waals surface area contributed by atoms with Gasteiger partial charge in [-0.25, -0.2) is 4.68 Å². The van der Waals surface area contributed by atoms with E-state index in [2.05, 4.69) is 33.7 Å². The van der Waals surface area contributed by atoms with E-state index >= 15 is 0 Å². The Morgan fingerprint density at radius 1 is 1.00 bits per heavy atom. The molecule has 3 aliphatic rings. The number of ether oxygens (including phenoxy) is 3. The predicted molar refractivity (Wildman–Crippen MR) is 112 cm³/mol. The molecule has 0 bridgehead atoms. The summed E-state index contributed by atoms with van der Waals surface area (Å²) >= 11 is 0. The number of rotatable bonds is 4. The van der Waals surface area contributed by atoms with Gasteiger partial charge >= 0.3 is 0 Å². The second kappa shape index (κ2) is 8.62. The van der Waals surface area contributed by atoms with Crippen LogP contribution >= 0.6 is 0 Å². The van der Waals surface area contributed by atoms with Crippen LogP contribution in [0.1, 0.15) is 56.7 Å². The maximum atomic E-state index is 6.47. The van der Waals surface area contributed by atoms with Crippen LogP contribution in [0.25, 0.3) is 10.9 Å². The highest BCUT2D eigenvalue weighted by atomic mass is 16.5. The van der Waals surface area contributed by atoms with Crippen molar-refractivity contribution in [2.24, 2.45) is 0 Å². The highest BCUT2D eigenvalue weighted by Gasteiger charge is 2.28. The monoisotopic (exact) mass is 399 g/mol. The normalized spacial score (nSPS) is 29.2. The maximum absolute atomic E-state index is 6.47. The van der Waals surface area contributed by atoms with E-state index < -0.39 is 0 Å². The van der Waals surface area contributed by atoms with E-state index in [0.717, 1.165) is 69.9 Å². The Morgan fingerprint density at radius 2 is 1.83 bits per heavy atom. The summed E-state index contributed by atoms with van der Waals surface area (Å²) in [6.07, 6.45) is 10.5. The Bertz CT molecular complexity index is 816. The zero-order valence-electron chi connectivity index (χ0n) is 17.5. The quantitative estimate of drug-likeness (QED) is 0.776. The molecular formula is C23H33N3O3. The lowest BCUT2D eigenvalue weighted by Gasteiger charge is -2.38. The molecule has 5 rings (SSSR count). The molecule has 6 heteroatoms. The number of aromatic nitrogens is 2. The standard InChI is InChI=1S/C23H33N3O3/c1-17-20-16-24-26(23-4-2-3-13-28-23)21(20)9-10-22(17)29-19-7-5-18(6-8-19)25-11-14-27-15-12-25/h9-10,16,18-19,23H,2-8,11-15H2,1H3. The molecule has 0 spiro atoms. The minimum atomic E-state index is 0.0721. The van der Waals surface area contributed by atoms with E-state index in [4.69, 9.17) is 14.2 Å². The zero-order chi connectivity index (χ0) is 19.6. The van der Waals surface area contributed by atoms with Gasteiger partial charge in [0, 0.05) is 36.7 Å². The summed E-state index contributed by atoms with van der Waals surface area (Å²) in [4.78, 5) is 2.61. The molecule has 1 aliphatic carbocycles. The van der Waals surface area contributed by atoms with Crippen LogP contribution in [0.15, 0.2) is 18.3 Å². The molecule has 1 aromatic heterocycles. The van der Waals surface area contributed by atoms with Gasteiger partial charge in [0.15, 0.2) is 6.23 Å². The van der Waals surface area contributed by atoms with Crippen LogP contribution in [0.2, 0.25) is 0 Å². The van der Waals surface area contributed by atoms with Crippen LogP contribution in [0.5, 0.6) is 5.75 Å². The number of hydrogen-bond donors (Lipinski definition) is 0. The maximum Gasteiger partial charge on any atom is 0.150 e. The third kappa shape index (κ3) is 4.03. The molecular weight excluding hydrogens is 366 g/mol. The fourth-order valence-electron chi connectivity index (χ4n) is 5.16. The first-order chi connectivity index (χ1) is 14.3. The molecule has 1 atom stereocenters. The smallest absolute Gasteiger partial charge is 0.150 e. The summed E-state index contributed by atoms with van der Waals surface area (Å²) in [7, 11) is 0. The molecule has 29 heavy (non-hydrogen) atoms. The molecule has 1 aromatic carbocycles. The fourth-order valence-corrected chi connectivity index (χ4v) is 5.16. The Hall–Kier alpha value is -1.63. The van der Waals surface area contributed by atoms with Crippen LogP contribution in [-0.2, 0) is 9.47 Å². The summed E-state index contributed by atoms with van der Waals surface area (Å²) in [5.41, 5.74) is 2.35. The lowest BCUT2D eigenvalue weighted by atomic mass is 9.91. The summed E-state index contributed by atoms with van der Waals surface area (Å²) in [5, 5.41) is 5.83. The van der Waals surface area contributed by atoms with Crippen LogP contribution in [-0.4, -0.2) is 59.7 Å². The topological polar surface area (TPSA) is 48.8 Å². The van der Waals surface area contributed by atoms with E-state index in [1.165, 1.54) is 30.2 Å². The second-order valence-corrected chi connectivity index (χ2v) is 8.73. The predicted octanol–water partition coefficient (Wildman–Crippen LogP) is 4.07. The first-order valence-electron chi connectivity index (χ1n) is 11.4. The summed E-state index contributed by atoms with van der Waals surface area (Å²) in [6, 6.07) is 4.99. The van der Waals surface area contributed by atoms with Gasteiger partial charge in [-0.05, 0) is 64.0 Å². The molecule has 3 heterocycles. The largest absolute Gasteiger partial charge is 0.490 e. The molecule has 2 saturated heterocycles. The third-order valence-corrected chi connectivity index (χ3v) is 6.93. The van der Waals surface area contributed by atoms with Crippen LogP contribution < -0.4 is 4.74 Å². The van der Waals surface area contributed by atoms with Crippen molar-refractivity contribution in [3.8, 4) is 5.75 Å². The van der Waals surface area contributed by atoms with Crippen LogP contribution in [0.3, 0.4) is 0 Å². The van der Waals surface area contributed by atoms with Crippen molar-refractivity contribution >= 4 is 10.9 Å². The summed E-state index contributed by atoms with van der Waals surface area (Å²) in [5.74, 6) is 1.01. The van der Waals surface area contributed by atoms with Crippen molar-refractivity contribution < 1.29 is 14.2 Å². The van der Waals surface area contributed by atoms with Crippen LogP contribution in [0, 0.1) is 6.92 Å². The molecule has 6 nitrogen and oxygen atoms in total. The van der Waals surface area contributed by atoms with E-state index in [1.54, 1.807) is 0 Å². The van der Waals surface area contributed by atoms with Crippen molar-refractivity contribution in [1.29, 1.82) is 0 Å². The minimum Gasteiger partial charge on any atom is -0.490 e. The Labute approximate surface area is 173 Å². The molecule has 3 fully saturated rings. The third-order valence-electron chi connectivity index (χ3n) is 6.93. The molecule has 0 radical (unpaired) electrons. The van der Waals surface area contributed by atoms with Crippen molar-refractivity contribution in [2.75, 3.05) is 32.9 Å². The highest BCUT2D eigenvalue weighted by molar-refractivity contribution is 5.84. The Kier molecular flexibility index (Phi) is 5.75.